The molecule has 0 spiro atoms. The van der Waals surface area contributed by atoms with E-state index in [1.165, 1.54) is 5.56 Å². The molecule has 0 saturated carbocycles. The first-order valence-electron chi connectivity index (χ1n) is 9.35. The van der Waals surface area contributed by atoms with Gasteiger partial charge in [-0.2, -0.15) is 0 Å². The van der Waals surface area contributed by atoms with Crippen molar-refractivity contribution in [2.24, 2.45) is 0 Å². The molecule has 5 heteroatoms. The molecule has 1 N–H and O–H groups in total. The van der Waals surface area contributed by atoms with Gasteiger partial charge in [0.1, 0.15) is 0 Å². The highest BCUT2D eigenvalue weighted by Crippen LogP contribution is 2.28. The van der Waals surface area contributed by atoms with E-state index >= 15 is 0 Å². The zero-order valence-electron chi connectivity index (χ0n) is 15.7. The second kappa shape index (κ2) is 7.64. The number of nitrogens with one attached hydrogen (secondary N) is 1. The molecule has 0 fully saturated rings. The van der Waals surface area contributed by atoms with Gasteiger partial charge in [0, 0.05) is 29.7 Å². The molecule has 1 aromatic heterocycles. The van der Waals surface area contributed by atoms with Crippen LogP contribution >= 0.6 is 0 Å². The molecule has 140 valence electrons. The lowest BCUT2D eigenvalue weighted by Crippen LogP contribution is -2.35. The molecule has 2 aromatic carbocycles. The fraction of sp³-hybridized carbons (Fsp3) is 0.174. The van der Waals surface area contributed by atoms with Crippen molar-refractivity contribution in [1.29, 1.82) is 0 Å². The van der Waals surface area contributed by atoms with Crippen LogP contribution in [0, 0.1) is 0 Å². The highest BCUT2D eigenvalue weighted by atomic mass is 16.2. The second-order valence-corrected chi connectivity index (χ2v) is 6.91. The third kappa shape index (κ3) is 3.64. The highest BCUT2D eigenvalue weighted by molar-refractivity contribution is 6.07. The number of carbonyl (C=O) groups excluding carboxylic acids is 2. The molecule has 0 bridgehead atoms. The number of carbonyl (C=O) groups is 2. The Morgan fingerprint density at radius 1 is 0.964 bits per heavy atom. The summed E-state index contributed by atoms with van der Waals surface area (Å²) < 4.78 is 0. The monoisotopic (exact) mass is 371 g/mol. The SMILES string of the molecule is CC(=O)c1ccc(Nc2cncc(C(=O)N3CCCc4ccccc43)c2)cc1. The van der Waals surface area contributed by atoms with Crippen molar-refractivity contribution >= 4 is 28.8 Å². The van der Waals surface area contributed by atoms with Gasteiger partial charge in [0.2, 0.25) is 0 Å². The third-order valence-electron chi connectivity index (χ3n) is 4.92. The predicted molar refractivity (Wildman–Crippen MR) is 110 cm³/mol. The highest BCUT2D eigenvalue weighted by Gasteiger charge is 2.23. The number of para-hydroxylation sites is 1. The van der Waals surface area contributed by atoms with Crippen molar-refractivity contribution in [1.82, 2.24) is 4.98 Å². The van der Waals surface area contributed by atoms with E-state index in [4.69, 9.17) is 0 Å². The summed E-state index contributed by atoms with van der Waals surface area (Å²) in [6, 6.07) is 17.1. The predicted octanol–water partition coefficient (Wildman–Crippen LogP) is 4.62. The smallest absolute Gasteiger partial charge is 0.259 e. The maximum absolute atomic E-state index is 13.1. The molecule has 0 aliphatic carbocycles. The first-order valence-corrected chi connectivity index (χ1v) is 9.35. The molecule has 2 heterocycles. The number of fused-ring (bicyclic) bond motifs is 1. The Labute approximate surface area is 164 Å². The van der Waals surface area contributed by atoms with Gasteiger partial charge in [-0.1, -0.05) is 18.2 Å². The van der Waals surface area contributed by atoms with E-state index in [1.807, 2.05) is 41.3 Å². The first-order chi connectivity index (χ1) is 13.6. The number of anilines is 3. The Kier molecular flexibility index (Phi) is 4.89. The van der Waals surface area contributed by atoms with Crippen LogP contribution in [0.2, 0.25) is 0 Å². The second-order valence-electron chi connectivity index (χ2n) is 6.91. The Morgan fingerprint density at radius 3 is 2.54 bits per heavy atom. The molecule has 28 heavy (non-hydrogen) atoms. The van der Waals surface area contributed by atoms with Crippen LogP contribution in [0.5, 0.6) is 0 Å². The number of benzene rings is 2. The summed E-state index contributed by atoms with van der Waals surface area (Å²) in [6.07, 6.45) is 5.23. The van der Waals surface area contributed by atoms with E-state index in [0.717, 1.165) is 29.9 Å². The van der Waals surface area contributed by atoms with Crippen molar-refractivity contribution in [3.8, 4) is 0 Å². The zero-order valence-corrected chi connectivity index (χ0v) is 15.7. The van der Waals surface area contributed by atoms with E-state index in [0.29, 0.717) is 17.7 Å². The lowest BCUT2D eigenvalue weighted by Gasteiger charge is -2.29. The molecule has 0 atom stereocenters. The van der Waals surface area contributed by atoms with Crippen molar-refractivity contribution in [3.63, 3.8) is 0 Å². The van der Waals surface area contributed by atoms with Crippen LogP contribution < -0.4 is 10.2 Å². The Morgan fingerprint density at radius 2 is 1.75 bits per heavy atom. The van der Waals surface area contributed by atoms with Crippen LogP contribution in [0.25, 0.3) is 0 Å². The number of pyridine rings is 1. The summed E-state index contributed by atoms with van der Waals surface area (Å²) in [5, 5.41) is 3.24. The number of nitrogens with zero attached hydrogens (tertiary/aromatic N) is 2. The molecule has 4 rings (SSSR count). The van der Waals surface area contributed by atoms with Crippen LogP contribution in [0.3, 0.4) is 0 Å². The minimum absolute atomic E-state index is 0.0302. The maximum atomic E-state index is 13.1. The number of hydrogen-bond donors (Lipinski definition) is 1. The summed E-state index contributed by atoms with van der Waals surface area (Å²) in [4.78, 5) is 30.6. The molecular weight excluding hydrogens is 350 g/mol. The topological polar surface area (TPSA) is 62.3 Å². The van der Waals surface area contributed by atoms with E-state index in [-0.39, 0.29) is 11.7 Å². The Bertz CT molecular complexity index is 1030. The molecular formula is C23H21N3O2. The van der Waals surface area contributed by atoms with Crippen molar-refractivity contribution in [2.45, 2.75) is 19.8 Å². The number of hydrogen-bond acceptors (Lipinski definition) is 4. The van der Waals surface area contributed by atoms with Crippen LogP contribution in [-0.2, 0) is 6.42 Å². The van der Waals surface area contributed by atoms with Gasteiger partial charge in [0.15, 0.2) is 5.78 Å². The van der Waals surface area contributed by atoms with Crippen LogP contribution in [0.1, 0.15) is 39.6 Å². The van der Waals surface area contributed by atoms with E-state index < -0.39 is 0 Å². The van der Waals surface area contributed by atoms with Gasteiger partial charge in [0.05, 0.1) is 17.4 Å². The molecule has 1 aliphatic heterocycles. The van der Waals surface area contributed by atoms with Gasteiger partial charge < -0.3 is 10.2 Å². The molecule has 5 nitrogen and oxygen atoms in total. The molecule has 0 unspecified atom stereocenters. The first kappa shape index (κ1) is 17.9. The van der Waals surface area contributed by atoms with Gasteiger partial charge in [0.25, 0.3) is 5.91 Å². The number of amides is 1. The van der Waals surface area contributed by atoms with Crippen LogP contribution in [0.4, 0.5) is 17.1 Å². The summed E-state index contributed by atoms with van der Waals surface area (Å²) in [5.74, 6) is -0.0159. The molecule has 1 aliphatic rings. The maximum Gasteiger partial charge on any atom is 0.259 e. The van der Waals surface area contributed by atoms with Gasteiger partial charge in [-0.25, -0.2) is 0 Å². The largest absolute Gasteiger partial charge is 0.354 e. The van der Waals surface area contributed by atoms with Crippen LogP contribution in [-0.4, -0.2) is 23.2 Å². The van der Waals surface area contributed by atoms with Gasteiger partial charge in [-0.15, -0.1) is 0 Å². The van der Waals surface area contributed by atoms with Gasteiger partial charge in [-0.3, -0.25) is 14.6 Å². The summed E-state index contributed by atoms with van der Waals surface area (Å²) in [7, 11) is 0. The number of Topliss-reactive ketones (excluding diaryl/α,β-unsaturated/α-hetero) is 1. The fourth-order valence-electron chi connectivity index (χ4n) is 3.48. The van der Waals surface area contributed by atoms with E-state index in [2.05, 4.69) is 16.4 Å². The quantitative estimate of drug-likeness (QED) is 0.680. The number of aromatic nitrogens is 1. The standard InChI is InChI=1S/C23H21N3O2/c1-16(27)17-8-10-20(11-9-17)25-21-13-19(14-24-15-21)23(28)26-12-4-6-18-5-2-3-7-22(18)26/h2-3,5,7-11,13-15,25H,4,6,12H2,1H3. The lowest BCUT2D eigenvalue weighted by molar-refractivity contribution is 0.0982. The molecule has 3 aromatic rings. The molecule has 0 saturated heterocycles. The summed E-state index contributed by atoms with van der Waals surface area (Å²) in [5.41, 5.74) is 4.96. The van der Waals surface area contributed by atoms with E-state index in [9.17, 15) is 9.59 Å². The molecule has 1 amide bonds. The average molecular weight is 371 g/mol. The Balaban J connectivity index is 1.55. The molecule has 0 radical (unpaired) electrons. The number of rotatable bonds is 4. The minimum atomic E-state index is -0.0461. The minimum Gasteiger partial charge on any atom is -0.354 e. The summed E-state index contributed by atoms with van der Waals surface area (Å²) in [6.45, 7) is 2.25. The normalized spacial score (nSPS) is 13.0. The number of aryl methyl sites for hydroxylation is 1. The van der Waals surface area contributed by atoms with Crippen molar-refractivity contribution in [3.05, 3.63) is 83.7 Å². The Hall–Kier alpha value is -3.47. The lowest BCUT2D eigenvalue weighted by atomic mass is 10.0. The van der Waals surface area contributed by atoms with Gasteiger partial charge in [-0.05, 0) is 61.7 Å². The van der Waals surface area contributed by atoms with Gasteiger partial charge >= 0.3 is 0 Å². The van der Waals surface area contributed by atoms with E-state index in [1.54, 1.807) is 31.5 Å². The fourth-order valence-corrected chi connectivity index (χ4v) is 3.48. The zero-order chi connectivity index (χ0) is 19.5. The third-order valence-corrected chi connectivity index (χ3v) is 4.92. The van der Waals surface area contributed by atoms with Crippen molar-refractivity contribution in [2.75, 3.05) is 16.8 Å². The number of ketones is 1. The average Bonchev–Trinajstić information content (AvgIpc) is 2.73. The van der Waals surface area contributed by atoms with Crippen LogP contribution in [0.15, 0.2) is 67.0 Å². The summed E-state index contributed by atoms with van der Waals surface area (Å²) >= 11 is 0. The van der Waals surface area contributed by atoms with Crippen molar-refractivity contribution < 1.29 is 9.59 Å².